The monoisotopic (exact) mass is 236 g/mol. The molecule has 0 spiro atoms. The highest BCUT2D eigenvalue weighted by Gasteiger charge is 2.17. The summed E-state index contributed by atoms with van der Waals surface area (Å²) in [4.78, 5) is 6.94. The largest absolute Gasteiger partial charge is 0.334 e. The molecule has 1 N–H and O–H groups in total. The first-order valence-electron chi connectivity index (χ1n) is 6.76. The van der Waals surface area contributed by atoms with Crippen molar-refractivity contribution >= 4 is 0 Å². The van der Waals surface area contributed by atoms with Crippen LogP contribution in [0.2, 0.25) is 0 Å². The molecule has 1 atom stereocenters. The predicted molar refractivity (Wildman–Crippen MR) is 69.9 cm³/mol. The summed E-state index contributed by atoms with van der Waals surface area (Å²) in [6.07, 6.45) is 6.65. The minimum absolute atomic E-state index is 0.641. The maximum Gasteiger partial charge on any atom is 0.122 e. The van der Waals surface area contributed by atoms with Crippen LogP contribution in [0.5, 0.6) is 0 Å². The van der Waals surface area contributed by atoms with Gasteiger partial charge in [0.2, 0.25) is 0 Å². The van der Waals surface area contributed by atoms with Gasteiger partial charge in [-0.05, 0) is 39.8 Å². The third-order valence-electron chi connectivity index (χ3n) is 3.63. The van der Waals surface area contributed by atoms with Gasteiger partial charge in [-0.2, -0.15) is 0 Å². The molecule has 1 aliphatic heterocycles. The number of likely N-dealkylation sites (tertiary alicyclic amines) is 1. The second-order valence-electron chi connectivity index (χ2n) is 4.85. The summed E-state index contributed by atoms with van der Waals surface area (Å²) in [5.74, 6) is 1.14. The zero-order valence-corrected chi connectivity index (χ0v) is 11.0. The number of hydrogen-bond acceptors (Lipinski definition) is 3. The van der Waals surface area contributed by atoms with Crippen LogP contribution in [0.15, 0.2) is 12.4 Å². The second-order valence-corrected chi connectivity index (χ2v) is 4.85. The van der Waals surface area contributed by atoms with Gasteiger partial charge in [-0.3, -0.25) is 4.90 Å². The Morgan fingerprint density at radius 2 is 2.18 bits per heavy atom. The van der Waals surface area contributed by atoms with E-state index in [9.17, 15) is 0 Å². The van der Waals surface area contributed by atoms with Gasteiger partial charge in [0.25, 0.3) is 0 Å². The molecule has 96 valence electrons. The van der Waals surface area contributed by atoms with Crippen molar-refractivity contribution in [3.63, 3.8) is 0 Å². The highest BCUT2D eigenvalue weighted by Crippen LogP contribution is 2.10. The first kappa shape index (κ1) is 12.6. The Labute approximate surface area is 104 Å². The van der Waals surface area contributed by atoms with Crippen LogP contribution in [0.4, 0.5) is 0 Å². The van der Waals surface area contributed by atoms with Crippen LogP contribution in [0.1, 0.15) is 32.5 Å². The number of aromatic nitrogens is 2. The highest BCUT2D eigenvalue weighted by atomic mass is 15.2. The fourth-order valence-corrected chi connectivity index (χ4v) is 2.50. The minimum atomic E-state index is 0.641. The highest BCUT2D eigenvalue weighted by molar-refractivity contribution is 4.91. The lowest BCUT2D eigenvalue weighted by molar-refractivity contribution is 0.251. The molecule has 0 radical (unpaired) electrons. The van der Waals surface area contributed by atoms with Crippen LogP contribution < -0.4 is 5.32 Å². The van der Waals surface area contributed by atoms with Gasteiger partial charge in [-0.15, -0.1) is 0 Å². The molecular formula is C13H24N4. The van der Waals surface area contributed by atoms with Gasteiger partial charge in [0, 0.05) is 31.5 Å². The molecule has 2 heterocycles. The molecule has 4 heteroatoms. The average molecular weight is 236 g/mol. The maximum atomic E-state index is 4.37. The van der Waals surface area contributed by atoms with Crippen LogP contribution in [0.3, 0.4) is 0 Å². The van der Waals surface area contributed by atoms with Crippen molar-refractivity contribution in [3.8, 4) is 0 Å². The summed E-state index contributed by atoms with van der Waals surface area (Å²) in [6, 6.07) is 0.641. The van der Waals surface area contributed by atoms with Crippen molar-refractivity contribution in [2.45, 2.75) is 45.8 Å². The van der Waals surface area contributed by atoms with Gasteiger partial charge in [0.1, 0.15) is 5.82 Å². The number of aryl methyl sites for hydroxylation is 1. The smallest absolute Gasteiger partial charge is 0.122 e. The average Bonchev–Trinajstić information content (AvgIpc) is 2.99. The lowest BCUT2D eigenvalue weighted by atomic mass is 10.3. The van der Waals surface area contributed by atoms with Crippen LogP contribution in [-0.2, 0) is 13.1 Å². The summed E-state index contributed by atoms with van der Waals surface area (Å²) in [7, 11) is 0. The third-order valence-corrected chi connectivity index (χ3v) is 3.63. The van der Waals surface area contributed by atoms with Gasteiger partial charge in [0.05, 0.1) is 6.54 Å². The molecule has 0 aromatic carbocycles. The Morgan fingerprint density at radius 1 is 1.41 bits per heavy atom. The molecule has 0 amide bonds. The Balaban J connectivity index is 1.71. The van der Waals surface area contributed by atoms with E-state index in [-0.39, 0.29) is 0 Å². The van der Waals surface area contributed by atoms with Crippen molar-refractivity contribution < 1.29 is 0 Å². The topological polar surface area (TPSA) is 33.1 Å². The van der Waals surface area contributed by atoms with E-state index >= 15 is 0 Å². The van der Waals surface area contributed by atoms with Crippen LogP contribution in [-0.4, -0.2) is 40.1 Å². The van der Waals surface area contributed by atoms with E-state index in [1.165, 1.54) is 25.9 Å². The van der Waals surface area contributed by atoms with Crippen LogP contribution in [0.25, 0.3) is 0 Å². The van der Waals surface area contributed by atoms with E-state index in [4.69, 9.17) is 0 Å². The lowest BCUT2D eigenvalue weighted by Crippen LogP contribution is -2.38. The molecule has 1 aromatic rings. The summed E-state index contributed by atoms with van der Waals surface area (Å²) >= 11 is 0. The van der Waals surface area contributed by atoms with Crippen molar-refractivity contribution in [3.05, 3.63) is 18.2 Å². The van der Waals surface area contributed by atoms with Gasteiger partial charge >= 0.3 is 0 Å². The first-order chi connectivity index (χ1) is 8.31. The number of rotatable bonds is 6. The van der Waals surface area contributed by atoms with Crippen LogP contribution >= 0.6 is 0 Å². The fraction of sp³-hybridized carbons (Fsp3) is 0.769. The molecule has 2 rings (SSSR count). The SMILES string of the molecule is CCn1ccnc1CNCC(C)N1CCCC1. The molecule has 1 unspecified atom stereocenters. The number of nitrogens with one attached hydrogen (secondary N) is 1. The van der Waals surface area contributed by atoms with Crippen molar-refractivity contribution in [2.24, 2.45) is 0 Å². The molecule has 1 saturated heterocycles. The quantitative estimate of drug-likeness (QED) is 0.812. The zero-order valence-electron chi connectivity index (χ0n) is 11.0. The fourth-order valence-electron chi connectivity index (χ4n) is 2.50. The van der Waals surface area contributed by atoms with E-state index in [1.54, 1.807) is 0 Å². The molecule has 1 aromatic heterocycles. The predicted octanol–water partition coefficient (Wildman–Crippen LogP) is 1.48. The lowest BCUT2D eigenvalue weighted by Gasteiger charge is -2.23. The Bertz CT molecular complexity index is 328. The van der Waals surface area contributed by atoms with Gasteiger partial charge < -0.3 is 9.88 Å². The maximum absolute atomic E-state index is 4.37. The standard InChI is InChI=1S/C13H24N4/c1-3-16-9-6-15-13(16)11-14-10-12(2)17-7-4-5-8-17/h6,9,12,14H,3-5,7-8,10-11H2,1-2H3. The molecule has 1 aliphatic rings. The van der Waals surface area contributed by atoms with E-state index in [0.29, 0.717) is 6.04 Å². The van der Waals surface area contributed by atoms with E-state index in [2.05, 4.69) is 33.6 Å². The Morgan fingerprint density at radius 3 is 2.88 bits per heavy atom. The summed E-state index contributed by atoms with van der Waals surface area (Å²) < 4.78 is 2.19. The summed E-state index contributed by atoms with van der Waals surface area (Å²) in [5.41, 5.74) is 0. The molecule has 4 nitrogen and oxygen atoms in total. The van der Waals surface area contributed by atoms with Gasteiger partial charge in [0.15, 0.2) is 0 Å². The van der Waals surface area contributed by atoms with E-state index < -0.39 is 0 Å². The third kappa shape index (κ3) is 3.30. The number of hydrogen-bond donors (Lipinski definition) is 1. The normalized spacial score (nSPS) is 18.7. The number of nitrogens with zero attached hydrogens (tertiary/aromatic N) is 3. The van der Waals surface area contributed by atoms with Gasteiger partial charge in [-0.25, -0.2) is 4.98 Å². The number of imidazole rings is 1. The molecule has 17 heavy (non-hydrogen) atoms. The molecular weight excluding hydrogens is 212 g/mol. The molecule has 0 bridgehead atoms. The first-order valence-corrected chi connectivity index (χ1v) is 6.76. The molecule has 1 fully saturated rings. The second kappa shape index (κ2) is 6.17. The molecule has 0 saturated carbocycles. The molecule has 0 aliphatic carbocycles. The van der Waals surface area contributed by atoms with E-state index in [1.807, 2.05) is 12.4 Å². The van der Waals surface area contributed by atoms with Crippen molar-refractivity contribution in [2.75, 3.05) is 19.6 Å². The zero-order chi connectivity index (χ0) is 12.1. The Kier molecular flexibility index (Phi) is 4.57. The van der Waals surface area contributed by atoms with Crippen LogP contribution in [0, 0.1) is 0 Å². The van der Waals surface area contributed by atoms with Crippen molar-refractivity contribution in [1.82, 2.24) is 19.8 Å². The minimum Gasteiger partial charge on any atom is -0.334 e. The van der Waals surface area contributed by atoms with Gasteiger partial charge in [-0.1, -0.05) is 0 Å². The summed E-state index contributed by atoms with van der Waals surface area (Å²) in [6.45, 7) is 9.93. The van der Waals surface area contributed by atoms with E-state index in [0.717, 1.165) is 25.5 Å². The summed E-state index contributed by atoms with van der Waals surface area (Å²) in [5, 5.41) is 3.51. The van der Waals surface area contributed by atoms with Crippen molar-refractivity contribution in [1.29, 1.82) is 0 Å². The Hall–Kier alpha value is -0.870.